The summed E-state index contributed by atoms with van der Waals surface area (Å²) in [7, 11) is 0. The molecule has 0 spiro atoms. The number of allylic oxidation sites excluding steroid dienone is 3. The smallest absolute Gasteiger partial charge is 0.0825 e. The molecule has 0 amide bonds. The fraction of sp³-hybridized carbons (Fsp3) is 0.0588. The number of aliphatic imine (C=N–C) groups is 1. The second-order valence-corrected chi connectivity index (χ2v) is 8.93. The van der Waals surface area contributed by atoms with Gasteiger partial charge in [-0.25, -0.2) is 0 Å². The molecule has 2 heterocycles. The van der Waals surface area contributed by atoms with Crippen molar-refractivity contribution in [3.05, 3.63) is 144 Å². The van der Waals surface area contributed by atoms with Gasteiger partial charge >= 0.3 is 0 Å². The Morgan fingerprint density at radius 1 is 0.528 bits per heavy atom. The van der Waals surface area contributed by atoms with Crippen molar-refractivity contribution in [2.24, 2.45) is 4.99 Å². The molecule has 0 fully saturated rings. The Hall–Kier alpha value is -4.56. The van der Waals surface area contributed by atoms with Gasteiger partial charge < -0.3 is 0 Å². The molecule has 2 nitrogen and oxygen atoms in total. The van der Waals surface area contributed by atoms with E-state index in [1.54, 1.807) is 0 Å². The van der Waals surface area contributed by atoms with E-state index in [2.05, 4.69) is 126 Å². The van der Waals surface area contributed by atoms with Crippen molar-refractivity contribution in [1.82, 2.24) is 4.98 Å². The third kappa shape index (κ3) is 4.42. The van der Waals surface area contributed by atoms with E-state index in [0.29, 0.717) is 6.54 Å². The minimum absolute atomic E-state index is 0.553. The second-order valence-electron chi connectivity index (χ2n) is 8.93. The minimum Gasteiger partial charge on any atom is -0.278 e. The fourth-order valence-electron chi connectivity index (χ4n) is 4.82. The Bertz CT molecular complexity index is 1610. The van der Waals surface area contributed by atoms with Crippen molar-refractivity contribution in [3.63, 3.8) is 0 Å². The number of hydrogen-bond acceptors (Lipinski definition) is 2. The Morgan fingerprint density at radius 2 is 1.19 bits per heavy atom. The number of pyridine rings is 1. The molecule has 0 bridgehead atoms. The largest absolute Gasteiger partial charge is 0.278 e. The molecule has 0 saturated carbocycles. The zero-order valence-corrected chi connectivity index (χ0v) is 20.0. The van der Waals surface area contributed by atoms with Crippen molar-refractivity contribution in [2.45, 2.75) is 13.0 Å². The van der Waals surface area contributed by atoms with Crippen LogP contribution in [0.15, 0.2) is 133 Å². The lowest BCUT2D eigenvalue weighted by atomic mass is 9.92. The lowest BCUT2D eigenvalue weighted by molar-refractivity contribution is 0.984. The molecule has 6 rings (SSSR count). The lowest BCUT2D eigenvalue weighted by Crippen LogP contribution is -2.02. The molecule has 0 saturated heterocycles. The summed E-state index contributed by atoms with van der Waals surface area (Å²) >= 11 is 0. The Balaban J connectivity index is 1.41. The molecule has 2 heteroatoms. The molecule has 4 aromatic carbocycles. The highest BCUT2D eigenvalue weighted by molar-refractivity contribution is 6.18. The quantitative estimate of drug-likeness (QED) is 0.264. The van der Waals surface area contributed by atoms with E-state index < -0.39 is 0 Å². The van der Waals surface area contributed by atoms with Crippen molar-refractivity contribution in [2.75, 3.05) is 0 Å². The molecule has 0 radical (unpaired) electrons. The topological polar surface area (TPSA) is 25.2 Å². The Labute approximate surface area is 212 Å². The maximum atomic E-state index is 5.03. The lowest BCUT2D eigenvalue weighted by Gasteiger charge is -2.13. The summed E-state index contributed by atoms with van der Waals surface area (Å²) in [6.07, 6.45) is 11.4. The number of fused-ring (bicyclic) bond motifs is 2. The van der Waals surface area contributed by atoms with Crippen LogP contribution in [0.2, 0.25) is 0 Å². The molecule has 36 heavy (non-hydrogen) atoms. The van der Waals surface area contributed by atoms with Gasteiger partial charge in [0, 0.05) is 11.8 Å². The number of nitrogens with zero attached hydrogens (tertiary/aromatic N) is 2. The highest BCUT2D eigenvalue weighted by Crippen LogP contribution is 2.33. The first-order valence-electron chi connectivity index (χ1n) is 12.4. The number of hydrogen-bond donors (Lipinski definition) is 0. The van der Waals surface area contributed by atoms with E-state index in [4.69, 9.17) is 4.99 Å². The number of benzene rings is 4. The summed E-state index contributed by atoms with van der Waals surface area (Å²) in [5, 5.41) is 2.44. The van der Waals surface area contributed by atoms with E-state index >= 15 is 0 Å². The summed E-state index contributed by atoms with van der Waals surface area (Å²) in [5.41, 5.74) is 9.17. The standard InChI is InChI=1S/C34H26N2/c1-3-10-25(11-4-1)26-17-19-27(20-18-26)29-21-22-32(31-15-8-7-14-30(29)31)33-16-6-2-5-12-28-13-9-23-35-34(28)24-36-33/h1,3-23H,2,24H2/b12-5-,16-6?,36-33?. The number of rotatable bonds is 3. The van der Waals surface area contributed by atoms with Gasteiger partial charge in [0.05, 0.1) is 18.0 Å². The summed E-state index contributed by atoms with van der Waals surface area (Å²) in [5.74, 6) is 0. The van der Waals surface area contributed by atoms with Crippen LogP contribution >= 0.6 is 0 Å². The average molecular weight is 463 g/mol. The third-order valence-corrected chi connectivity index (χ3v) is 6.67. The van der Waals surface area contributed by atoms with E-state index in [-0.39, 0.29) is 0 Å². The van der Waals surface area contributed by atoms with E-state index in [1.165, 1.54) is 33.0 Å². The third-order valence-electron chi connectivity index (χ3n) is 6.67. The zero-order valence-electron chi connectivity index (χ0n) is 20.0. The molecule has 1 aliphatic rings. The minimum atomic E-state index is 0.553. The van der Waals surface area contributed by atoms with Gasteiger partial charge in [-0.15, -0.1) is 0 Å². The predicted octanol–water partition coefficient (Wildman–Crippen LogP) is 8.53. The molecule has 0 atom stereocenters. The monoisotopic (exact) mass is 462 g/mol. The van der Waals surface area contributed by atoms with Crippen molar-refractivity contribution < 1.29 is 0 Å². The second kappa shape index (κ2) is 9.97. The van der Waals surface area contributed by atoms with Gasteiger partial charge in [-0.3, -0.25) is 9.98 Å². The first-order valence-corrected chi connectivity index (χ1v) is 12.4. The molecular formula is C34H26N2. The van der Waals surface area contributed by atoms with Crippen molar-refractivity contribution in [3.8, 4) is 22.3 Å². The summed E-state index contributed by atoms with van der Waals surface area (Å²) in [4.78, 5) is 9.61. The molecular weight excluding hydrogens is 436 g/mol. The van der Waals surface area contributed by atoms with Gasteiger partial charge in [0.2, 0.25) is 0 Å². The van der Waals surface area contributed by atoms with E-state index in [9.17, 15) is 0 Å². The molecule has 0 N–H and O–H groups in total. The van der Waals surface area contributed by atoms with Gasteiger partial charge in [0.15, 0.2) is 0 Å². The Morgan fingerprint density at radius 3 is 2.03 bits per heavy atom. The van der Waals surface area contributed by atoms with Gasteiger partial charge in [0.1, 0.15) is 0 Å². The van der Waals surface area contributed by atoms with E-state index in [1.807, 2.05) is 12.3 Å². The van der Waals surface area contributed by atoms with Crippen LogP contribution < -0.4 is 0 Å². The molecule has 1 aliphatic heterocycles. The number of aromatic nitrogens is 1. The van der Waals surface area contributed by atoms with Crippen LogP contribution in [0.5, 0.6) is 0 Å². The molecule has 5 aromatic rings. The summed E-state index contributed by atoms with van der Waals surface area (Å²) in [6.45, 7) is 0.553. The maximum Gasteiger partial charge on any atom is 0.0825 e. The Kier molecular flexibility index (Phi) is 6.08. The summed E-state index contributed by atoms with van der Waals surface area (Å²) < 4.78 is 0. The van der Waals surface area contributed by atoms with Crippen molar-refractivity contribution in [1.29, 1.82) is 0 Å². The normalized spacial score (nSPS) is 14.2. The molecule has 1 aromatic heterocycles. The van der Waals surface area contributed by atoms with Crippen LogP contribution in [0.25, 0.3) is 39.1 Å². The van der Waals surface area contributed by atoms with Gasteiger partial charge in [-0.1, -0.05) is 115 Å². The van der Waals surface area contributed by atoms with Crippen LogP contribution in [0, 0.1) is 0 Å². The molecule has 0 aliphatic carbocycles. The van der Waals surface area contributed by atoms with Gasteiger partial charge in [-0.2, -0.15) is 0 Å². The highest BCUT2D eigenvalue weighted by Gasteiger charge is 2.12. The van der Waals surface area contributed by atoms with Crippen molar-refractivity contribution >= 4 is 22.6 Å². The zero-order chi connectivity index (χ0) is 24.2. The highest BCUT2D eigenvalue weighted by atomic mass is 14.8. The van der Waals surface area contributed by atoms with E-state index in [0.717, 1.165) is 29.0 Å². The van der Waals surface area contributed by atoms with Crippen LogP contribution in [0.1, 0.15) is 23.2 Å². The van der Waals surface area contributed by atoms with Crippen LogP contribution in [0.4, 0.5) is 0 Å². The van der Waals surface area contributed by atoms with Gasteiger partial charge in [-0.05, 0) is 57.2 Å². The summed E-state index contributed by atoms with van der Waals surface area (Å²) in [6, 6.07) is 36.5. The molecule has 172 valence electrons. The maximum absolute atomic E-state index is 5.03. The van der Waals surface area contributed by atoms with Crippen LogP contribution in [-0.4, -0.2) is 10.7 Å². The fourth-order valence-corrected chi connectivity index (χ4v) is 4.82. The first-order chi connectivity index (χ1) is 17.9. The SMILES string of the molecule is C1=CC(c2ccc(-c3ccc(-c4ccccc4)cc3)c3ccccc23)=NCc2ncccc2/C=C\C1. The first kappa shape index (κ1) is 21.9. The van der Waals surface area contributed by atoms with Crippen LogP contribution in [0.3, 0.4) is 0 Å². The molecule has 0 unspecified atom stereocenters. The predicted molar refractivity (Wildman–Crippen MR) is 152 cm³/mol. The van der Waals surface area contributed by atoms with Crippen LogP contribution in [-0.2, 0) is 6.54 Å². The average Bonchev–Trinajstić information content (AvgIpc) is 2.95. The van der Waals surface area contributed by atoms with Gasteiger partial charge in [0.25, 0.3) is 0 Å².